The number of piperidine rings is 1. The Morgan fingerprint density at radius 2 is 2.29 bits per heavy atom. The first-order valence-corrected chi connectivity index (χ1v) is 6.97. The van der Waals surface area contributed by atoms with Crippen molar-refractivity contribution in [1.82, 2.24) is 10.2 Å². The molecule has 0 aliphatic carbocycles. The Bertz CT molecular complexity index is 464. The van der Waals surface area contributed by atoms with Crippen LogP contribution in [0.25, 0.3) is 0 Å². The molecule has 2 amide bonds. The molecular formula is C14H22ClN3O3. The van der Waals surface area contributed by atoms with Gasteiger partial charge in [0.1, 0.15) is 12.3 Å². The molecular weight excluding hydrogens is 294 g/mol. The Morgan fingerprint density at radius 3 is 2.90 bits per heavy atom. The standard InChI is InChI=1S/C14H21N3O3.ClH/c1-10(16-13(18)11-5-7-20-9-11)14(19)17-6-3-2-4-12(17)8-15;/h5,7,9-10,12H,2-4,6,8,15H2,1H3,(H,16,18);1H. The molecule has 2 unspecified atom stereocenters. The fourth-order valence-corrected chi connectivity index (χ4v) is 2.52. The van der Waals surface area contributed by atoms with Crippen molar-refractivity contribution >= 4 is 24.2 Å². The number of likely N-dealkylation sites (tertiary alicyclic amines) is 1. The van der Waals surface area contributed by atoms with Crippen LogP contribution >= 0.6 is 12.4 Å². The van der Waals surface area contributed by atoms with Crippen molar-refractivity contribution in [2.24, 2.45) is 5.73 Å². The lowest BCUT2D eigenvalue weighted by molar-refractivity contribution is -0.136. The molecule has 0 saturated carbocycles. The molecule has 118 valence electrons. The van der Waals surface area contributed by atoms with Gasteiger partial charge >= 0.3 is 0 Å². The third-order valence-corrected chi connectivity index (χ3v) is 3.68. The van der Waals surface area contributed by atoms with E-state index in [2.05, 4.69) is 5.32 Å². The first kappa shape index (κ1) is 17.5. The minimum atomic E-state index is -0.565. The monoisotopic (exact) mass is 315 g/mol. The van der Waals surface area contributed by atoms with Crippen molar-refractivity contribution < 1.29 is 14.0 Å². The third kappa shape index (κ3) is 4.22. The second-order valence-corrected chi connectivity index (χ2v) is 5.12. The maximum absolute atomic E-state index is 12.4. The second-order valence-electron chi connectivity index (χ2n) is 5.12. The molecule has 3 N–H and O–H groups in total. The highest BCUT2D eigenvalue weighted by Crippen LogP contribution is 2.17. The maximum Gasteiger partial charge on any atom is 0.255 e. The number of halogens is 1. The third-order valence-electron chi connectivity index (χ3n) is 3.68. The first-order chi connectivity index (χ1) is 9.63. The summed E-state index contributed by atoms with van der Waals surface area (Å²) in [6, 6.07) is 1.09. The van der Waals surface area contributed by atoms with Gasteiger partial charge in [0, 0.05) is 19.1 Å². The van der Waals surface area contributed by atoms with E-state index in [1.807, 2.05) is 0 Å². The van der Waals surface area contributed by atoms with Crippen LogP contribution in [0.3, 0.4) is 0 Å². The van der Waals surface area contributed by atoms with Gasteiger partial charge in [-0.2, -0.15) is 0 Å². The average Bonchev–Trinajstić information content (AvgIpc) is 3.00. The highest BCUT2D eigenvalue weighted by molar-refractivity contribution is 5.97. The molecule has 2 rings (SSSR count). The minimum Gasteiger partial charge on any atom is -0.472 e. The van der Waals surface area contributed by atoms with Gasteiger partial charge in [-0.25, -0.2) is 0 Å². The number of nitrogens with two attached hydrogens (primary N) is 1. The summed E-state index contributed by atoms with van der Waals surface area (Å²) in [7, 11) is 0. The van der Waals surface area contributed by atoms with Crippen LogP contribution in [0.4, 0.5) is 0 Å². The van der Waals surface area contributed by atoms with E-state index in [9.17, 15) is 9.59 Å². The lowest BCUT2D eigenvalue weighted by atomic mass is 10.0. The first-order valence-electron chi connectivity index (χ1n) is 6.97. The molecule has 6 nitrogen and oxygen atoms in total. The largest absolute Gasteiger partial charge is 0.472 e. The van der Waals surface area contributed by atoms with Crippen molar-refractivity contribution in [3.05, 3.63) is 24.2 Å². The molecule has 2 atom stereocenters. The fourth-order valence-electron chi connectivity index (χ4n) is 2.52. The SMILES string of the molecule is CC(NC(=O)c1ccoc1)C(=O)N1CCCCC1CN.Cl. The summed E-state index contributed by atoms with van der Waals surface area (Å²) in [4.78, 5) is 26.1. The zero-order chi connectivity index (χ0) is 14.5. The average molecular weight is 316 g/mol. The summed E-state index contributed by atoms with van der Waals surface area (Å²) in [5.41, 5.74) is 6.13. The Hall–Kier alpha value is -1.53. The lowest BCUT2D eigenvalue weighted by Gasteiger charge is -2.36. The lowest BCUT2D eigenvalue weighted by Crippen LogP contribution is -2.54. The number of hydrogen-bond donors (Lipinski definition) is 2. The molecule has 1 aliphatic heterocycles. The van der Waals surface area contributed by atoms with Crippen LogP contribution < -0.4 is 11.1 Å². The maximum atomic E-state index is 12.4. The number of furan rings is 1. The van der Waals surface area contributed by atoms with Crippen LogP contribution in [0.15, 0.2) is 23.0 Å². The number of nitrogens with zero attached hydrogens (tertiary/aromatic N) is 1. The number of rotatable bonds is 4. The molecule has 1 fully saturated rings. The normalized spacial score (nSPS) is 19.5. The number of carbonyl (C=O) groups is 2. The predicted molar refractivity (Wildman–Crippen MR) is 81.3 cm³/mol. The van der Waals surface area contributed by atoms with Gasteiger partial charge in [0.05, 0.1) is 11.8 Å². The van der Waals surface area contributed by atoms with Crippen molar-refractivity contribution in [3.63, 3.8) is 0 Å². The van der Waals surface area contributed by atoms with E-state index in [1.54, 1.807) is 17.9 Å². The van der Waals surface area contributed by atoms with E-state index in [4.69, 9.17) is 10.2 Å². The fraction of sp³-hybridized carbons (Fsp3) is 0.571. The zero-order valence-corrected chi connectivity index (χ0v) is 12.9. The summed E-state index contributed by atoms with van der Waals surface area (Å²) < 4.78 is 4.86. The highest BCUT2D eigenvalue weighted by Gasteiger charge is 2.29. The smallest absolute Gasteiger partial charge is 0.255 e. The van der Waals surface area contributed by atoms with E-state index in [0.717, 1.165) is 19.3 Å². The van der Waals surface area contributed by atoms with Crippen molar-refractivity contribution in [3.8, 4) is 0 Å². The highest BCUT2D eigenvalue weighted by atomic mass is 35.5. The molecule has 0 bridgehead atoms. The van der Waals surface area contributed by atoms with Gasteiger partial charge in [-0.3, -0.25) is 9.59 Å². The quantitative estimate of drug-likeness (QED) is 0.872. The molecule has 0 radical (unpaired) electrons. The molecule has 1 aliphatic rings. The summed E-state index contributed by atoms with van der Waals surface area (Å²) in [5.74, 6) is -0.377. The van der Waals surface area contributed by atoms with Crippen LogP contribution in [-0.4, -0.2) is 41.9 Å². The number of nitrogens with one attached hydrogen (secondary N) is 1. The molecule has 1 aromatic rings. The summed E-state index contributed by atoms with van der Waals surface area (Å²) in [5, 5.41) is 2.69. The van der Waals surface area contributed by atoms with Gasteiger partial charge in [0.25, 0.3) is 5.91 Å². The van der Waals surface area contributed by atoms with E-state index in [0.29, 0.717) is 18.7 Å². The molecule has 2 heterocycles. The Labute approximate surface area is 130 Å². The van der Waals surface area contributed by atoms with Crippen LogP contribution in [0, 0.1) is 0 Å². The minimum absolute atomic E-state index is 0. The number of carbonyl (C=O) groups excluding carboxylic acids is 2. The molecule has 1 aromatic heterocycles. The second kappa shape index (κ2) is 8.05. The molecule has 7 heteroatoms. The molecule has 21 heavy (non-hydrogen) atoms. The van der Waals surface area contributed by atoms with Crippen LogP contribution in [-0.2, 0) is 4.79 Å². The topological polar surface area (TPSA) is 88.6 Å². The van der Waals surface area contributed by atoms with Gasteiger partial charge < -0.3 is 20.4 Å². The Balaban J connectivity index is 0.00000220. The van der Waals surface area contributed by atoms with E-state index < -0.39 is 6.04 Å². The van der Waals surface area contributed by atoms with E-state index in [1.165, 1.54) is 12.5 Å². The summed E-state index contributed by atoms with van der Waals surface area (Å²) in [6.07, 6.45) is 5.81. The van der Waals surface area contributed by atoms with E-state index >= 15 is 0 Å². The van der Waals surface area contributed by atoms with Crippen molar-refractivity contribution in [2.75, 3.05) is 13.1 Å². The summed E-state index contributed by atoms with van der Waals surface area (Å²) in [6.45, 7) is 2.88. The van der Waals surface area contributed by atoms with Crippen molar-refractivity contribution in [2.45, 2.75) is 38.3 Å². The van der Waals surface area contributed by atoms with E-state index in [-0.39, 0.29) is 30.3 Å². The summed E-state index contributed by atoms with van der Waals surface area (Å²) >= 11 is 0. The number of hydrogen-bond acceptors (Lipinski definition) is 4. The van der Waals surface area contributed by atoms with Gasteiger partial charge in [0.15, 0.2) is 0 Å². The van der Waals surface area contributed by atoms with Crippen LogP contribution in [0.5, 0.6) is 0 Å². The van der Waals surface area contributed by atoms with Gasteiger partial charge in [-0.1, -0.05) is 0 Å². The van der Waals surface area contributed by atoms with Gasteiger partial charge in [-0.05, 0) is 32.3 Å². The zero-order valence-electron chi connectivity index (χ0n) is 12.1. The van der Waals surface area contributed by atoms with Crippen LogP contribution in [0.2, 0.25) is 0 Å². The van der Waals surface area contributed by atoms with Crippen LogP contribution in [0.1, 0.15) is 36.5 Å². The Kier molecular flexibility index (Phi) is 6.71. The molecule has 0 aromatic carbocycles. The van der Waals surface area contributed by atoms with Gasteiger partial charge in [0.2, 0.25) is 5.91 Å². The molecule has 0 spiro atoms. The Morgan fingerprint density at radius 1 is 1.52 bits per heavy atom. The van der Waals surface area contributed by atoms with Crippen molar-refractivity contribution in [1.29, 1.82) is 0 Å². The predicted octanol–water partition coefficient (Wildman–Crippen LogP) is 1.16. The molecule has 1 saturated heterocycles. The number of amides is 2. The van der Waals surface area contributed by atoms with Gasteiger partial charge in [-0.15, -0.1) is 12.4 Å².